The molecule has 29 heavy (non-hydrogen) atoms. The van der Waals surface area contributed by atoms with E-state index >= 15 is 0 Å². The quantitative estimate of drug-likeness (QED) is 0.695. The molecular weight excluding hydrogens is 388 g/mol. The van der Waals surface area contributed by atoms with Crippen LogP contribution >= 0.6 is 11.6 Å². The zero-order valence-electron chi connectivity index (χ0n) is 18.1. The fraction of sp³-hybridized carbons (Fsp3) is 0.545. The van der Waals surface area contributed by atoms with Gasteiger partial charge in [-0.2, -0.15) is 0 Å². The smallest absolute Gasteiger partial charge is 0.188 e. The summed E-state index contributed by atoms with van der Waals surface area (Å²) in [5.41, 5.74) is 1.71. The minimum absolute atomic E-state index is 0.0743. The van der Waals surface area contributed by atoms with Crippen LogP contribution in [0.2, 0.25) is 5.02 Å². The molecule has 0 saturated carbocycles. The molecule has 6 nitrogen and oxygen atoms in total. The summed E-state index contributed by atoms with van der Waals surface area (Å²) in [6.07, 6.45) is 5.70. The topological polar surface area (TPSA) is 59.5 Å². The molecule has 0 radical (unpaired) electrons. The van der Waals surface area contributed by atoms with Crippen LogP contribution in [0, 0.1) is 0 Å². The van der Waals surface area contributed by atoms with Gasteiger partial charge in [-0.1, -0.05) is 11.6 Å². The molecule has 7 heteroatoms. The largest absolute Gasteiger partial charge is 0.467 e. The molecule has 0 aliphatic carbocycles. The van der Waals surface area contributed by atoms with E-state index in [1.54, 1.807) is 19.4 Å². The first-order chi connectivity index (χ1) is 13.6. The lowest BCUT2D eigenvalue weighted by atomic mass is 9.79. The number of nitrogens with zero attached hydrogens (tertiary/aromatic N) is 3. The molecule has 1 saturated heterocycles. The van der Waals surface area contributed by atoms with Crippen molar-refractivity contribution in [1.29, 1.82) is 0 Å². The number of hydrogen-bond donors (Lipinski definition) is 1. The summed E-state index contributed by atoms with van der Waals surface area (Å²) in [6, 6.07) is 5.85. The van der Waals surface area contributed by atoms with Crippen molar-refractivity contribution >= 4 is 17.4 Å². The fourth-order valence-electron chi connectivity index (χ4n) is 4.32. The van der Waals surface area contributed by atoms with Gasteiger partial charge in [-0.3, -0.25) is 4.98 Å². The number of aromatic nitrogens is 2. The average Bonchev–Trinajstić information content (AvgIpc) is 2.63. The van der Waals surface area contributed by atoms with Crippen LogP contribution in [0.1, 0.15) is 40.5 Å². The van der Waals surface area contributed by atoms with Crippen LogP contribution in [0.5, 0.6) is 5.75 Å². The highest BCUT2D eigenvalue weighted by atomic mass is 35.5. The van der Waals surface area contributed by atoms with Gasteiger partial charge in [-0.15, -0.1) is 0 Å². The van der Waals surface area contributed by atoms with E-state index in [2.05, 4.69) is 49.9 Å². The van der Waals surface area contributed by atoms with Gasteiger partial charge in [-0.05, 0) is 58.7 Å². The minimum atomic E-state index is 0.0743. The van der Waals surface area contributed by atoms with Gasteiger partial charge in [-0.25, -0.2) is 4.98 Å². The highest BCUT2D eigenvalue weighted by molar-refractivity contribution is 6.30. The number of halogens is 1. The maximum absolute atomic E-state index is 6.11. The molecule has 1 aliphatic heterocycles. The molecule has 1 aromatic heterocycles. The summed E-state index contributed by atoms with van der Waals surface area (Å²) in [5, 5.41) is 4.33. The van der Waals surface area contributed by atoms with E-state index in [0.717, 1.165) is 29.9 Å². The van der Waals surface area contributed by atoms with Gasteiger partial charge in [0.05, 0.1) is 18.1 Å². The molecule has 1 aliphatic rings. The monoisotopic (exact) mass is 418 g/mol. The first-order valence-corrected chi connectivity index (χ1v) is 10.2. The number of benzene rings is 1. The van der Waals surface area contributed by atoms with Crippen LogP contribution in [-0.2, 0) is 4.74 Å². The molecule has 0 bridgehead atoms. The third kappa shape index (κ3) is 5.38. The molecule has 1 aromatic carbocycles. The predicted octanol–water partition coefficient (Wildman–Crippen LogP) is 4.53. The van der Waals surface area contributed by atoms with Crippen molar-refractivity contribution in [3.05, 3.63) is 35.6 Å². The zero-order chi connectivity index (χ0) is 21.2. The number of nitrogens with one attached hydrogen (secondary N) is 1. The zero-order valence-corrected chi connectivity index (χ0v) is 18.9. The SMILES string of the molecule is COCOc1cc(Cl)ccc1-c1cnc(N(C)C2CC(C)(C)NC(C)(C)C2)cn1. The second-order valence-electron chi connectivity index (χ2n) is 9.02. The number of rotatable bonds is 6. The van der Waals surface area contributed by atoms with E-state index < -0.39 is 0 Å². The summed E-state index contributed by atoms with van der Waals surface area (Å²) in [4.78, 5) is 11.6. The number of piperidine rings is 1. The van der Waals surface area contributed by atoms with Crippen molar-refractivity contribution in [3.8, 4) is 17.0 Å². The third-order valence-electron chi connectivity index (χ3n) is 5.27. The average molecular weight is 419 g/mol. The van der Waals surface area contributed by atoms with Crippen molar-refractivity contribution in [1.82, 2.24) is 15.3 Å². The van der Waals surface area contributed by atoms with E-state index in [1.807, 2.05) is 18.3 Å². The second kappa shape index (κ2) is 8.46. The van der Waals surface area contributed by atoms with Crippen molar-refractivity contribution in [3.63, 3.8) is 0 Å². The first kappa shape index (κ1) is 21.8. The molecule has 2 heterocycles. The summed E-state index contributed by atoms with van der Waals surface area (Å²) >= 11 is 6.11. The number of ether oxygens (including phenoxy) is 2. The lowest BCUT2D eigenvalue weighted by molar-refractivity contribution is 0.0515. The molecule has 1 N–H and O–H groups in total. The highest BCUT2D eigenvalue weighted by Crippen LogP contribution is 2.34. The van der Waals surface area contributed by atoms with E-state index in [9.17, 15) is 0 Å². The molecular formula is C22H31ClN4O2. The first-order valence-electron chi connectivity index (χ1n) is 9.86. The second-order valence-corrected chi connectivity index (χ2v) is 9.45. The molecule has 0 amide bonds. The Hall–Kier alpha value is -1.89. The van der Waals surface area contributed by atoms with Gasteiger partial charge >= 0.3 is 0 Å². The van der Waals surface area contributed by atoms with Crippen LogP contribution in [0.15, 0.2) is 30.6 Å². The van der Waals surface area contributed by atoms with Crippen LogP contribution in [0.4, 0.5) is 5.82 Å². The standard InChI is InChI=1S/C22H31ClN4O2/c1-21(2)10-16(11-22(3,4)26-21)27(5)20-13-24-18(12-25-20)17-8-7-15(23)9-19(17)29-14-28-6/h7-9,12-13,16,26H,10-11,14H2,1-6H3. The molecule has 0 atom stereocenters. The summed E-state index contributed by atoms with van der Waals surface area (Å²) < 4.78 is 10.7. The molecule has 3 rings (SSSR count). The van der Waals surface area contributed by atoms with Crippen molar-refractivity contribution in [2.24, 2.45) is 0 Å². The number of hydrogen-bond acceptors (Lipinski definition) is 6. The van der Waals surface area contributed by atoms with Gasteiger partial charge < -0.3 is 19.7 Å². The van der Waals surface area contributed by atoms with Crippen molar-refractivity contribution < 1.29 is 9.47 Å². The van der Waals surface area contributed by atoms with Gasteiger partial charge in [0.1, 0.15) is 11.6 Å². The third-order valence-corrected chi connectivity index (χ3v) is 5.50. The molecule has 0 spiro atoms. The van der Waals surface area contributed by atoms with Gasteiger partial charge in [0.15, 0.2) is 6.79 Å². The van der Waals surface area contributed by atoms with Crippen molar-refractivity contribution in [2.45, 2.75) is 57.7 Å². The maximum atomic E-state index is 6.11. The van der Waals surface area contributed by atoms with E-state index in [0.29, 0.717) is 16.8 Å². The fourth-order valence-corrected chi connectivity index (χ4v) is 4.48. The van der Waals surface area contributed by atoms with E-state index in [-0.39, 0.29) is 17.9 Å². The normalized spacial score (nSPS) is 18.4. The summed E-state index contributed by atoms with van der Waals surface area (Å²) in [6.45, 7) is 9.16. The number of methoxy groups -OCH3 is 1. The summed E-state index contributed by atoms with van der Waals surface area (Å²) in [5.74, 6) is 1.48. The Labute approximate surface area is 178 Å². The maximum Gasteiger partial charge on any atom is 0.188 e. The minimum Gasteiger partial charge on any atom is -0.467 e. The van der Waals surface area contributed by atoms with Gasteiger partial charge in [0, 0.05) is 41.9 Å². The molecule has 1 fully saturated rings. The molecule has 158 valence electrons. The van der Waals surface area contributed by atoms with Crippen LogP contribution in [0.25, 0.3) is 11.3 Å². The van der Waals surface area contributed by atoms with Gasteiger partial charge in [0.25, 0.3) is 0 Å². The highest BCUT2D eigenvalue weighted by Gasteiger charge is 2.39. The Balaban J connectivity index is 1.82. The molecule has 2 aromatic rings. The van der Waals surface area contributed by atoms with Crippen LogP contribution < -0.4 is 15.0 Å². The lowest BCUT2D eigenvalue weighted by Crippen LogP contribution is -2.62. The Morgan fingerprint density at radius 2 is 1.83 bits per heavy atom. The Morgan fingerprint density at radius 1 is 1.14 bits per heavy atom. The Bertz CT molecular complexity index is 823. The van der Waals surface area contributed by atoms with Gasteiger partial charge in [0.2, 0.25) is 0 Å². The summed E-state index contributed by atoms with van der Waals surface area (Å²) in [7, 11) is 3.68. The lowest BCUT2D eigenvalue weighted by Gasteiger charge is -2.49. The Morgan fingerprint density at radius 3 is 2.41 bits per heavy atom. The van der Waals surface area contributed by atoms with Crippen molar-refractivity contribution in [2.75, 3.05) is 25.9 Å². The molecule has 0 unspecified atom stereocenters. The van der Waals surface area contributed by atoms with Crippen LogP contribution in [-0.4, -0.2) is 48.0 Å². The van der Waals surface area contributed by atoms with E-state index in [1.165, 1.54) is 0 Å². The Kier molecular flexibility index (Phi) is 6.36. The van der Waals surface area contributed by atoms with Crippen LogP contribution in [0.3, 0.4) is 0 Å². The predicted molar refractivity (Wildman–Crippen MR) is 118 cm³/mol. The number of anilines is 1. The van der Waals surface area contributed by atoms with E-state index in [4.69, 9.17) is 26.1 Å².